The zero-order chi connectivity index (χ0) is 22.8. The first-order valence-electron chi connectivity index (χ1n) is 10.9. The molecule has 1 aromatic carbocycles. The van der Waals surface area contributed by atoms with Crippen LogP contribution < -0.4 is 0 Å². The number of nitrogens with zero attached hydrogens (tertiary/aromatic N) is 4. The number of likely N-dealkylation sites (tertiary alicyclic amines) is 1. The van der Waals surface area contributed by atoms with Gasteiger partial charge in [0.05, 0.1) is 28.0 Å². The highest BCUT2D eigenvalue weighted by Crippen LogP contribution is 2.33. The van der Waals surface area contributed by atoms with Crippen LogP contribution in [-0.2, 0) is 6.42 Å². The third-order valence-corrected chi connectivity index (χ3v) is 6.85. The van der Waals surface area contributed by atoms with Crippen LogP contribution in [0, 0.1) is 12.7 Å². The van der Waals surface area contributed by atoms with Crippen molar-refractivity contribution < 1.29 is 13.6 Å². The first kappa shape index (κ1) is 21.5. The minimum Gasteiger partial charge on any atom is -0.443 e. The van der Waals surface area contributed by atoms with Gasteiger partial charge in [-0.2, -0.15) is 0 Å². The maximum Gasteiger partial charge on any atom is 0.254 e. The topological polar surface area (TPSA) is 72.1 Å². The van der Waals surface area contributed by atoms with Crippen molar-refractivity contribution in [3.8, 4) is 10.6 Å². The predicted octanol–water partition coefficient (Wildman–Crippen LogP) is 5.60. The highest BCUT2D eigenvalue weighted by molar-refractivity contribution is 7.13. The van der Waals surface area contributed by atoms with Gasteiger partial charge in [0.1, 0.15) is 17.6 Å². The molecule has 1 aliphatic rings. The van der Waals surface area contributed by atoms with E-state index in [0.717, 1.165) is 41.1 Å². The molecule has 3 aromatic heterocycles. The fourth-order valence-electron chi connectivity index (χ4n) is 4.19. The molecule has 0 radical (unpaired) electrons. The van der Waals surface area contributed by atoms with E-state index in [0.29, 0.717) is 30.2 Å². The maximum atomic E-state index is 13.5. The lowest BCUT2D eigenvalue weighted by Gasteiger charge is -2.33. The molecule has 0 spiro atoms. The van der Waals surface area contributed by atoms with E-state index in [1.807, 2.05) is 17.9 Å². The van der Waals surface area contributed by atoms with Gasteiger partial charge in [-0.25, -0.2) is 14.4 Å². The molecule has 4 heterocycles. The SMILES string of the molecule is Cc1ncsc1-c1cc(C(=O)N2CCCC[C@H]2c2ncc(Cc3ccc(F)cc3)o2)ccn1. The lowest BCUT2D eigenvalue weighted by molar-refractivity contribution is 0.0570. The summed E-state index contributed by atoms with van der Waals surface area (Å²) in [5, 5.41) is 0. The Labute approximate surface area is 195 Å². The van der Waals surface area contributed by atoms with Gasteiger partial charge in [0.2, 0.25) is 5.89 Å². The Kier molecular flexibility index (Phi) is 6.00. The van der Waals surface area contributed by atoms with Crippen LogP contribution in [0.3, 0.4) is 0 Å². The van der Waals surface area contributed by atoms with Crippen molar-refractivity contribution in [1.82, 2.24) is 19.9 Å². The summed E-state index contributed by atoms with van der Waals surface area (Å²) in [6.07, 6.45) is 6.65. The van der Waals surface area contributed by atoms with Crippen molar-refractivity contribution in [3.63, 3.8) is 0 Å². The van der Waals surface area contributed by atoms with Crippen molar-refractivity contribution in [3.05, 3.63) is 88.6 Å². The molecule has 4 aromatic rings. The van der Waals surface area contributed by atoms with Crippen molar-refractivity contribution in [2.24, 2.45) is 0 Å². The molecule has 1 aliphatic heterocycles. The Morgan fingerprint density at radius 3 is 2.82 bits per heavy atom. The van der Waals surface area contributed by atoms with Gasteiger partial charge in [0.15, 0.2) is 0 Å². The number of benzene rings is 1. The first-order valence-corrected chi connectivity index (χ1v) is 11.8. The molecule has 0 aliphatic carbocycles. The van der Waals surface area contributed by atoms with Crippen LogP contribution >= 0.6 is 11.3 Å². The van der Waals surface area contributed by atoms with E-state index in [9.17, 15) is 9.18 Å². The molecule has 1 atom stereocenters. The fourth-order valence-corrected chi connectivity index (χ4v) is 4.97. The third kappa shape index (κ3) is 4.57. The average molecular weight is 463 g/mol. The van der Waals surface area contributed by atoms with E-state index < -0.39 is 0 Å². The van der Waals surface area contributed by atoms with E-state index in [1.54, 1.807) is 36.1 Å². The molecule has 33 heavy (non-hydrogen) atoms. The second-order valence-electron chi connectivity index (χ2n) is 8.17. The second-order valence-corrected chi connectivity index (χ2v) is 9.03. The number of thiazole rings is 1. The summed E-state index contributed by atoms with van der Waals surface area (Å²) >= 11 is 1.52. The Hall–Kier alpha value is -3.39. The number of amides is 1. The van der Waals surface area contributed by atoms with Crippen molar-refractivity contribution in [2.75, 3.05) is 6.54 Å². The number of carbonyl (C=O) groups excluding carboxylic acids is 1. The fraction of sp³-hybridized carbons (Fsp3) is 0.280. The number of oxazole rings is 1. The molecular weight excluding hydrogens is 439 g/mol. The number of aromatic nitrogens is 3. The summed E-state index contributed by atoms with van der Waals surface area (Å²) in [7, 11) is 0. The zero-order valence-corrected chi connectivity index (χ0v) is 19.0. The Morgan fingerprint density at radius 2 is 2.03 bits per heavy atom. The quantitative estimate of drug-likeness (QED) is 0.386. The Morgan fingerprint density at radius 1 is 1.18 bits per heavy atom. The highest BCUT2D eigenvalue weighted by Gasteiger charge is 2.32. The molecule has 1 saturated heterocycles. The Bertz CT molecular complexity index is 1270. The number of aryl methyl sites for hydroxylation is 1. The summed E-state index contributed by atoms with van der Waals surface area (Å²) in [4.78, 5) is 29.6. The molecule has 1 amide bonds. The van der Waals surface area contributed by atoms with Gasteiger partial charge in [0.25, 0.3) is 5.91 Å². The van der Waals surface area contributed by atoms with Crippen LogP contribution in [0.1, 0.15) is 58.6 Å². The number of hydrogen-bond acceptors (Lipinski definition) is 6. The van der Waals surface area contributed by atoms with Gasteiger partial charge >= 0.3 is 0 Å². The number of hydrogen-bond donors (Lipinski definition) is 0. The van der Waals surface area contributed by atoms with E-state index in [-0.39, 0.29) is 17.8 Å². The average Bonchev–Trinajstić information content (AvgIpc) is 3.49. The number of rotatable bonds is 5. The minimum absolute atomic E-state index is 0.0520. The molecule has 5 rings (SSSR count). The van der Waals surface area contributed by atoms with Crippen LogP contribution in [0.5, 0.6) is 0 Å². The molecule has 6 nitrogen and oxygen atoms in total. The van der Waals surface area contributed by atoms with Crippen LogP contribution in [0.4, 0.5) is 4.39 Å². The van der Waals surface area contributed by atoms with Crippen molar-refractivity contribution in [1.29, 1.82) is 0 Å². The van der Waals surface area contributed by atoms with Gasteiger partial charge in [-0.05, 0) is 56.0 Å². The van der Waals surface area contributed by atoms with Gasteiger partial charge in [-0.1, -0.05) is 12.1 Å². The van der Waals surface area contributed by atoms with E-state index in [1.165, 1.54) is 23.5 Å². The summed E-state index contributed by atoms with van der Waals surface area (Å²) in [5.74, 6) is 0.927. The summed E-state index contributed by atoms with van der Waals surface area (Å²) in [5.41, 5.74) is 4.98. The van der Waals surface area contributed by atoms with Crippen molar-refractivity contribution in [2.45, 2.75) is 38.6 Å². The molecule has 0 unspecified atom stereocenters. The van der Waals surface area contributed by atoms with Crippen LogP contribution in [0.25, 0.3) is 10.6 Å². The second kappa shape index (κ2) is 9.23. The van der Waals surface area contributed by atoms with Gasteiger partial charge in [-0.3, -0.25) is 9.78 Å². The Balaban J connectivity index is 1.37. The summed E-state index contributed by atoms with van der Waals surface area (Å²) < 4.78 is 19.2. The van der Waals surface area contributed by atoms with E-state index in [4.69, 9.17) is 4.42 Å². The molecule has 0 bridgehead atoms. The molecule has 0 saturated carbocycles. The monoisotopic (exact) mass is 462 g/mol. The number of carbonyl (C=O) groups is 1. The van der Waals surface area contributed by atoms with E-state index >= 15 is 0 Å². The smallest absolute Gasteiger partial charge is 0.254 e. The van der Waals surface area contributed by atoms with Gasteiger partial charge in [0, 0.05) is 24.7 Å². The summed E-state index contributed by atoms with van der Waals surface area (Å²) in [6, 6.07) is 9.72. The van der Waals surface area contributed by atoms with E-state index in [2.05, 4.69) is 15.0 Å². The van der Waals surface area contributed by atoms with Crippen LogP contribution in [-0.4, -0.2) is 32.3 Å². The molecule has 0 N–H and O–H groups in total. The lowest BCUT2D eigenvalue weighted by atomic mass is 10.0. The highest BCUT2D eigenvalue weighted by atomic mass is 32.1. The predicted molar refractivity (Wildman–Crippen MR) is 123 cm³/mol. The van der Waals surface area contributed by atoms with Crippen LogP contribution in [0.15, 0.2) is 58.7 Å². The first-order chi connectivity index (χ1) is 16.1. The number of pyridine rings is 1. The lowest BCUT2D eigenvalue weighted by Crippen LogP contribution is -2.38. The zero-order valence-electron chi connectivity index (χ0n) is 18.2. The third-order valence-electron chi connectivity index (χ3n) is 5.90. The van der Waals surface area contributed by atoms with Crippen LogP contribution in [0.2, 0.25) is 0 Å². The maximum absolute atomic E-state index is 13.5. The van der Waals surface area contributed by atoms with Crippen molar-refractivity contribution >= 4 is 17.2 Å². The number of piperidine rings is 1. The standard InChI is InChI=1S/C25H23FN4O2S/c1-16-23(33-15-29-16)21-13-18(9-10-27-21)25(31)30-11-3-2-4-22(30)24-28-14-20(32-24)12-17-5-7-19(26)8-6-17/h5-10,13-15,22H,2-4,11-12H2,1H3/t22-/m0/s1. The normalized spacial score (nSPS) is 16.2. The molecule has 168 valence electrons. The molecular formula is C25H23FN4O2S. The molecule has 1 fully saturated rings. The largest absolute Gasteiger partial charge is 0.443 e. The molecule has 8 heteroatoms. The number of halogens is 1. The van der Waals surface area contributed by atoms with Gasteiger partial charge in [-0.15, -0.1) is 11.3 Å². The summed E-state index contributed by atoms with van der Waals surface area (Å²) in [6.45, 7) is 2.59. The minimum atomic E-state index is -0.266. The van der Waals surface area contributed by atoms with Gasteiger partial charge < -0.3 is 9.32 Å².